The Balaban J connectivity index is 1.76. The van der Waals surface area contributed by atoms with Crippen LogP contribution < -0.4 is 5.32 Å². The number of para-hydroxylation sites is 1. The average Bonchev–Trinajstić information content (AvgIpc) is 3.05. The monoisotopic (exact) mass is 349 g/mol. The van der Waals surface area contributed by atoms with Crippen LogP contribution in [0.2, 0.25) is 10.2 Å². The van der Waals surface area contributed by atoms with Gasteiger partial charge in [0.15, 0.2) is 0 Å². The van der Waals surface area contributed by atoms with E-state index in [0.717, 1.165) is 30.9 Å². The number of hydrogen-bond donors (Lipinski definition) is 1. The highest BCUT2D eigenvalue weighted by molar-refractivity contribution is 6.41. The van der Waals surface area contributed by atoms with Crippen LogP contribution in [0, 0.1) is 0 Å². The topological polar surface area (TPSA) is 45.2 Å². The second kappa shape index (κ2) is 7.30. The fourth-order valence-electron chi connectivity index (χ4n) is 2.70. The number of halogens is 2. The molecule has 2 heterocycles. The quantitative estimate of drug-likeness (QED) is 0.839. The minimum Gasteiger partial charge on any atom is -0.322 e. The number of aromatic nitrogens is 1. The van der Waals surface area contributed by atoms with Gasteiger partial charge in [0.25, 0.3) is 5.91 Å². The summed E-state index contributed by atoms with van der Waals surface area (Å²) in [5.41, 5.74) is 2.31. The van der Waals surface area contributed by atoms with Gasteiger partial charge in [-0.15, -0.1) is 0 Å². The Labute approximate surface area is 145 Å². The molecule has 120 valence electrons. The molecule has 1 N–H and O–H groups in total. The summed E-state index contributed by atoms with van der Waals surface area (Å²) in [6.45, 7) is 3.06. The van der Waals surface area contributed by atoms with Gasteiger partial charge in [0.05, 0.1) is 10.6 Å². The highest BCUT2D eigenvalue weighted by atomic mass is 35.5. The number of hydrogen-bond acceptors (Lipinski definition) is 3. The van der Waals surface area contributed by atoms with E-state index < -0.39 is 0 Å². The predicted octanol–water partition coefficient (Wildman–Crippen LogP) is 4.24. The van der Waals surface area contributed by atoms with Gasteiger partial charge < -0.3 is 5.32 Å². The number of likely N-dealkylation sites (tertiary alicyclic amines) is 1. The van der Waals surface area contributed by atoms with Gasteiger partial charge >= 0.3 is 0 Å². The van der Waals surface area contributed by atoms with E-state index in [2.05, 4.69) is 15.2 Å². The summed E-state index contributed by atoms with van der Waals surface area (Å²) < 4.78 is 0. The van der Waals surface area contributed by atoms with E-state index in [-0.39, 0.29) is 16.1 Å². The van der Waals surface area contributed by atoms with Crippen LogP contribution in [0.15, 0.2) is 36.5 Å². The zero-order valence-corrected chi connectivity index (χ0v) is 14.1. The SMILES string of the molecule is O=C(Nc1ccccc1CN1CCCC1)c1cnc(Cl)c(Cl)c1. The van der Waals surface area contributed by atoms with Crippen molar-refractivity contribution in [2.75, 3.05) is 18.4 Å². The highest BCUT2D eigenvalue weighted by Crippen LogP contribution is 2.23. The fourth-order valence-corrected chi connectivity index (χ4v) is 2.97. The Morgan fingerprint density at radius 2 is 1.96 bits per heavy atom. The molecule has 1 aromatic heterocycles. The third kappa shape index (κ3) is 4.02. The first-order valence-electron chi connectivity index (χ1n) is 7.56. The van der Waals surface area contributed by atoms with E-state index in [1.165, 1.54) is 25.1 Å². The Morgan fingerprint density at radius 1 is 1.22 bits per heavy atom. The number of carbonyl (C=O) groups is 1. The van der Waals surface area contributed by atoms with Crippen LogP contribution in [0.4, 0.5) is 5.69 Å². The number of anilines is 1. The summed E-state index contributed by atoms with van der Waals surface area (Å²) in [7, 11) is 0. The largest absolute Gasteiger partial charge is 0.322 e. The van der Waals surface area contributed by atoms with Gasteiger partial charge in [-0.05, 0) is 43.6 Å². The standard InChI is InChI=1S/C17H17Cl2N3O/c18-14-9-13(10-20-16(14)19)17(23)21-15-6-2-1-5-12(15)11-22-7-3-4-8-22/h1-2,5-6,9-10H,3-4,7-8,11H2,(H,21,23). The molecule has 1 aliphatic rings. The number of nitrogens with one attached hydrogen (secondary N) is 1. The molecule has 1 aliphatic heterocycles. The highest BCUT2D eigenvalue weighted by Gasteiger charge is 2.15. The molecule has 0 aliphatic carbocycles. The minimum atomic E-state index is -0.245. The average molecular weight is 350 g/mol. The van der Waals surface area contributed by atoms with Crippen LogP contribution in [0.25, 0.3) is 0 Å². The van der Waals surface area contributed by atoms with Crippen LogP contribution in [0.1, 0.15) is 28.8 Å². The molecule has 0 saturated carbocycles. The van der Waals surface area contributed by atoms with Gasteiger partial charge in [-0.1, -0.05) is 41.4 Å². The van der Waals surface area contributed by atoms with Crippen molar-refractivity contribution in [2.24, 2.45) is 0 Å². The first kappa shape index (κ1) is 16.2. The number of pyridine rings is 1. The zero-order chi connectivity index (χ0) is 16.2. The van der Waals surface area contributed by atoms with E-state index in [0.29, 0.717) is 5.56 Å². The van der Waals surface area contributed by atoms with Crippen LogP contribution in [0.5, 0.6) is 0 Å². The molecule has 0 atom stereocenters. The first-order valence-corrected chi connectivity index (χ1v) is 8.32. The molecule has 0 unspecified atom stereocenters. The van der Waals surface area contributed by atoms with Crippen molar-refractivity contribution in [3.8, 4) is 0 Å². The third-order valence-electron chi connectivity index (χ3n) is 3.92. The van der Waals surface area contributed by atoms with Crippen molar-refractivity contribution >= 4 is 34.8 Å². The Hall–Kier alpha value is -1.62. The molecular weight excluding hydrogens is 333 g/mol. The molecule has 0 bridgehead atoms. The van der Waals surface area contributed by atoms with Crippen molar-refractivity contribution in [1.29, 1.82) is 0 Å². The molecule has 0 spiro atoms. The van der Waals surface area contributed by atoms with Crippen molar-refractivity contribution in [3.05, 3.63) is 57.8 Å². The smallest absolute Gasteiger partial charge is 0.257 e. The number of rotatable bonds is 4. The second-order valence-electron chi connectivity index (χ2n) is 5.59. The summed E-state index contributed by atoms with van der Waals surface area (Å²) in [6.07, 6.45) is 3.90. The minimum absolute atomic E-state index is 0.192. The maximum atomic E-state index is 12.4. The Kier molecular flexibility index (Phi) is 5.16. The Bertz CT molecular complexity index is 715. The number of amides is 1. The van der Waals surface area contributed by atoms with E-state index in [4.69, 9.17) is 23.2 Å². The lowest BCUT2D eigenvalue weighted by Crippen LogP contribution is -2.20. The van der Waals surface area contributed by atoms with E-state index in [9.17, 15) is 4.79 Å². The van der Waals surface area contributed by atoms with E-state index >= 15 is 0 Å². The second-order valence-corrected chi connectivity index (χ2v) is 6.36. The molecule has 2 aromatic rings. The molecule has 6 heteroatoms. The summed E-state index contributed by atoms with van der Waals surface area (Å²) in [4.78, 5) is 18.7. The zero-order valence-electron chi connectivity index (χ0n) is 12.6. The molecule has 1 saturated heterocycles. The van der Waals surface area contributed by atoms with Crippen LogP contribution >= 0.6 is 23.2 Å². The van der Waals surface area contributed by atoms with Gasteiger partial charge in [-0.25, -0.2) is 4.98 Å². The lowest BCUT2D eigenvalue weighted by atomic mass is 10.1. The molecule has 1 aromatic carbocycles. The molecule has 1 fully saturated rings. The normalized spacial score (nSPS) is 14.9. The van der Waals surface area contributed by atoms with Crippen molar-refractivity contribution < 1.29 is 4.79 Å². The van der Waals surface area contributed by atoms with Gasteiger partial charge in [-0.3, -0.25) is 9.69 Å². The van der Waals surface area contributed by atoms with Gasteiger partial charge in [0.2, 0.25) is 0 Å². The number of benzene rings is 1. The lowest BCUT2D eigenvalue weighted by Gasteiger charge is -2.17. The third-order valence-corrected chi connectivity index (χ3v) is 4.60. The summed E-state index contributed by atoms with van der Waals surface area (Å²) in [5.74, 6) is -0.245. The van der Waals surface area contributed by atoms with Gasteiger partial charge in [0.1, 0.15) is 5.15 Å². The maximum absolute atomic E-state index is 12.4. The molecular formula is C17H17Cl2N3O. The van der Waals surface area contributed by atoms with Gasteiger partial charge in [-0.2, -0.15) is 0 Å². The predicted molar refractivity (Wildman–Crippen MR) is 93.2 cm³/mol. The Morgan fingerprint density at radius 3 is 2.70 bits per heavy atom. The van der Waals surface area contributed by atoms with Crippen LogP contribution in [-0.2, 0) is 6.54 Å². The fraction of sp³-hybridized carbons (Fsp3) is 0.294. The van der Waals surface area contributed by atoms with Crippen molar-refractivity contribution in [3.63, 3.8) is 0 Å². The van der Waals surface area contributed by atoms with E-state index in [1.54, 1.807) is 0 Å². The lowest BCUT2D eigenvalue weighted by molar-refractivity contribution is 0.102. The number of carbonyl (C=O) groups excluding carboxylic acids is 1. The maximum Gasteiger partial charge on any atom is 0.257 e. The van der Waals surface area contributed by atoms with Crippen LogP contribution in [-0.4, -0.2) is 28.9 Å². The molecule has 1 amide bonds. The van der Waals surface area contributed by atoms with Crippen LogP contribution in [0.3, 0.4) is 0 Å². The molecule has 3 rings (SSSR count). The van der Waals surface area contributed by atoms with Crippen molar-refractivity contribution in [1.82, 2.24) is 9.88 Å². The van der Waals surface area contributed by atoms with E-state index in [1.807, 2.05) is 24.3 Å². The summed E-state index contributed by atoms with van der Waals surface area (Å²) >= 11 is 11.7. The van der Waals surface area contributed by atoms with Crippen molar-refractivity contribution in [2.45, 2.75) is 19.4 Å². The molecule has 0 radical (unpaired) electrons. The summed E-state index contributed by atoms with van der Waals surface area (Å²) in [5, 5.41) is 3.40. The summed E-state index contributed by atoms with van der Waals surface area (Å²) in [6, 6.07) is 9.38. The number of nitrogens with zero attached hydrogens (tertiary/aromatic N) is 2. The molecule has 23 heavy (non-hydrogen) atoms. The van der Waals surface area contributed by atoms with Gasteiger partial charge in [0, 0.05) is 18.4 Å². The first-order chi connectivity index (χ1) is 11.1. The molecule has 4 nitrogen and oxygen atoms in total.